The molecule has 11 heavy (non-hydrogen) atoms. The van der Waals surface area contributed by atoms with Crippen molar-refractivity contribution in [2.45, 2.75) is 19.8 Å². The molecule has 0 bridgehead atoms. The quantitative estimate of drug-likeness (QED) is 0.633. The van der Waals surface area contributed by atoms with Crippen LogP contribution in [-0.4, -0.2) is 0 Å². The van der Waals surface area contributed by atoms with Crippen molar-refractivity contribution in [3.05, 3.63) is 29.8 Å². The fourth-order valence-corrected chi connectivity index (χ4v) is 1.58. The highest BCUT2D eigenvalue weighted by atomic mass is 127. The second-order valence-electron chi connectivity index (χ2n) is 2.84. The Labute approximate surface area is 81.7 Å². The van der Waals surface area contributed by atoms with Gasteiger partial charge in [0.1, 0.15) is 0 Å². The summed E-state index contributed by atoms with van der Waals surface area (Å²) in [5.74, 6) is 0.591. The molecule has 0 aliphatic carbocycles. The Morgan fingerprint density at radius 1 is 1.27 bits per heavy atom. The predicted molar refractivity (Wildman–Crippen MR) is 58.2 cm³/mol. The number of para-hydroxylation sites is 1. The zero-order valence-corrected chi connectivity index (χ0v) is 8.92. The molecule has 2 heteroatoms. The topological polar surface area (TPSA) is 12.0 Å². The van der Waals surface area contributed by atoms with Crippen LogP contribution in [0.4, 0.5) is 5.69 Å². The van der Waals surface area contributed by atoms with Crippen molar-refractivity contribution in [2.75, 3.05) is 3.53 Å². The van der Waals surface area contributed by atoms with Crippen molar-refractivity contribution in [3.63, 3.8) is 0 Å². The van der Waals surface area contributed by atoms with E-state index in [0.29, 0.717) is 5.92 Å². The number of nitrogens with one attached hydrogen (secondary N) is 1. The van der Waals surface area contributed by atoms with Crippen LogP contribution in [0, 0.1) is 0 Å². The van der Waals surface area contributed by atoms with Crippen molar-refractivity contribution in [1.82, 2.24) is 0 Å². The van der Waals surface area contributed by atoms with Crippen LogP contribution in [0.2, 0.25) is 0 Å². The summed E-state index contributed by atoms with van der Waals surface area (Å²) in [6.45, 7) is 4.40. The first kappa shape index (κ1) is 8.84. The molecule has 0 saturated carbocycles. The lowest BCUT2D eigenvalue weighted by Crippen LogP contribution is -1.91. The van der Waals surface area contributed by atoms with Crippen LogP contribution in [0.3, 0.4) is 0 Å². The molecule has 0 saturated heterocycles. The van der Waals surface area contributed by atoms with Gasteiger partial charge in [-0.1, -0.05) is 32.0 Å². The van der Waals surface area contributed by atoms with E-state index >= 15 is 0 Å². The minimum atomic E-state index is 0.591. The standard InChI is InChI=1S/C9H12IN/c1-7(2)8-5-3-4-6-9(8)11-10/h3-7,11H,1-2H3. The molecule has 0 heterocycles. The molecule has 1 aromatic carbocycles. The monoisotopic (exact) mass is 261 g/mol. The molecule has 1 rings (SSSR count). The molecule has 0 spiro atoms. The molecular weight excluding hydrogens is 249 g/mol. The molecule has 0 aliphatic rings. The highest BCUT2D eigenvalue weighted by Gasteiger charge is 2.02. The first-order valence-corrected chi connectivity index (χ1v) is 4.79. The van der Waals surface area contributed by atoms with Crippen LogP contribution in [0.5, 0.6) is 0 Å². The largest absolute Gasteiger partial charge is 0.328 e. The number of hydrogen-bond acceptors (Lipinski definition) is 1. The Bertz CT molecular complexity index is 233. The fraction of sp³-hybridized carbons (Fsp3) is 0.333. The number of anilines is 1. The van der Waals surface area contributed by atoms with Gasteiger partial charge in [-0.25, -0.2) is 0 Å². The van der Waals surface area contributed by atoms with Gasteiger partial charge in [0.05, 0.1) is 22.9 Å². The molecule has 1 aromatic rings. The highest BCUT2D eigenvalue weighted by molar-refractivity contribution is 14.1. The van der Waals surface area contributed by atoms with Crippen molar-refractivity contribution < 1.29 is 0 Å². The second-order valence-corrected chi connectivity index (χ2v) is 3.38. The summed E-state index contributed by atoms with van der Waals surface area (Å²) >= 11 is 2.16. The van der Waals surface area contributed by atoms with Crippen LogP contribution < -0.4 is 3.53 Å². The van der Waals surface area contributed by atoms with Gasteiger partial charge in [0.25, 0.3) is 0 Å². The van der Waals surface area contributed by atoms with E-state index in [2.05, 4.69) is 58.4 Å². The maximum absolute atomic E-state index is 3.15. The summed E-state index contributed by atoms with van der Waals surface area (Å²) in [6, 6.07) is 8.38. The molecule has 0 aromatic heterocycles. The lowest BCUT2D eigenvalue weighted by atomic mass is 10.0. The van der Waals surface area contributed by atoms with Gasteiger partial charge in [-0.2, -0.15) is 0 Å². The lowest BCUT2D eigenvalue weighted by Gasteiger charge is -2.09. The summed E-state index contributed by atoms with van der Waals surface area (Å²) in [4.78, 5) is 0. The molecule has 0 radical (unpaired) electrons. The minimum absolute atomic E-state index is 0.591. The maximum atomic E-state index is 3.15. The molecule has 1 nitrogen and oxygen atoms in total. The van der Waals surface area contributed by atoms with Crippen LogP contribution in [0.15, 0.2) is 24.3 Å². The van der Waals surface area contributed by atoms with E-state index in [1.807, 2.05) is 6.07 Å². The Hall–Kier alpha value is -0.250. The average Bonchev–Trinajstić information content (AvgIpc) is 2.04. The lowest BCUT2D eigenvalue weighted by molar-refractivity contribution is 0.870. The summed E-state index contributed by atoms with van der Waals surface area (Å²) in [7, 11) is 0. The Morgan fingerprint density at radius 2 is 1.91 bits per heavy atom. The van der Waals surface area contributed by atoms with Gasteiger partial charge in [0.15, 0.2) is 0 Å². The van der Waals surface area contributed by atoms with Crippen molar-refractivity contribution in [3.8, 4) is 0 Å². The van der Waals surface area contributed by atoms with Gasteiger partial charge in [0.2, 0.25) is 0 Å². The van der Waals surface area contributed by atoms with Crippen LogP contribution in [0.25, 0.3) is 0 Å². The average molecular weight is 261 g/mol. The van der Waals surface area contributed by atoms with E-state index in [4.69, 9.17) is 0 Å². The predicted octanol–water partition coefficient (Wildman–Crippen LogP) is 3.57. The number of benzene rings is 1. The smallest absolute Gasteiger partial charge is 0.0560 e. The summed E-state index contributed by atoms with van der Waals surface area (Å²) in [6.07, 6.45) is 0. The third-order valence-corrected chi connectivity index (χ3v) is 2.27. The maximum Gasteiger partial charge on any atom is 0.0560 e. The molecule has 60 valence electrons. The molecule has 0 fully saturated rings. The van der Waals surface area contributed by atoms with E-state index in [-0.39, 0.29) is 0 Å². The van der Waals surface area contributed by atoms with Crippen molar-refractivity contribution in [1.29, 1.82) is 0 Å². The molecular formula is C9H12IN. The summed E-state index contributed by atoms with van der Waals surface area (Å²) in [5.41, 5.74) is 2.60. The summed E-state index contributed by atoms with van der Waals surface area (Å²) in [5, 5.41) is 0. The zero-order chi connectivity index (χ0) is 8.27. The van der Waals surface area contributed by atoms with Crippen LogP contribution in [-0.2, 0) is 0 Å². The van der Waals surface area contributed by atoms with Gasteiger partial charge in [-0.3, -0.25) is 0 Å². The third kappa shape index (κ3) is 2.09. The van der Waals surface area contributed by atoms with Gasteiger partial charge >= 0.3 is 0 Å². The molecule has 0 atom stereocenters. The van der Waals surface area contributed by atoms with Gasteiger partial charge in [-0.15, -0.1) is 0 Å². The summed E-state index contributed by atoms with van der Waals surface area (Å²) < 4.78 is 3.15. The van der Waals surface area contributed by atoms with Gasteiger partial charge in [0, 0.05) is 5.69 Å². The van der Waals surface area contributed by atoms with Gasteiger partial charge < -0.3 is 3.53 Å². The third-order valence-electron chi connectivity index (χ3n) is 1.68. The van der Waals surface area contributed by atoms with E-state index in [1.165, 1.54) is 11.3 Å². The Balaban J connectivity index is 3.02. The van der Waals surface area contributed by atoms with E-state index in [1.54, 1.807) is 0 Å². The van der Waals surface area contributed by atoms with Crippen molar-refractivity contribution in [2.24, 2.45) is 0 Å². The molecule has 0 amide bonds. The van der Waals surface area contributed by atoms with Crippen LogP contribution in [0.1, 0.15) is 25.3 Å². The van der Waals surface area contributed by atoms with Crippen molar-refractivity contribution >= 4 is 28.6 Å². The van der Waals surface area contributed by atoms with E-state index in [0.717, 1.165) is 0 Å². The Morgan fingerprint density at radius 3 is 2.36 bits per heavy atom. The first-order valence-electron chi connectivity index (χ1n) is 3.71. The first-order chi connectivity index (χ1) is 5.25. The molecule has 1 N–H and O–H groups in total. The SMILES string of the molecule is CC(C)c1ccccc1NI. The van der Waals surface area contributed by atoms with E-state index < -0.39 is 0 Å². The number of halogens is 1. The number of hydrogen-bond donors (Lipinski definition) is 1. The van der Waals surface area contributed by atoms with Gasteiger partial charge in [-0.05, 0) is 17.5 Å². The Kier molecular flexibility index (Phi) is 3.17. The fourth-order valence-electron chi connectivity index (χ4n) is 1.09. The minimum Gasteiger partial charge on any atom is -0.328 e. The zero-order valence-electron chi connectivity index (χ0n) is 6.76. The number of rotatable bonds is 2. The van der Waals surface area contributed by atoms with Crippen LogP contribution >= 0.6 is 22.9 Å². The second kappa shape index (κ2) is 3.95. The highest BCUT2D eigenvalue weighted by Crippen LogP contribution is 2.24. The normalized spacial score (nSPS) is 10.2. The molecule has 0 unspecified atom stereocenters. The van der Waals surface area contributed by atoms with E-state index in [9.17, 15) is 0 Å². The molecule has 0 aliphatic heterocycles.